The summed E-state index contributed by atoms with van der Waals surface area (Å²) in [5.41, 5.74) is 4.42. The molecule has 0 fully saturated rings. The molecule has 4 heteroatoms. The van der Waals surface area contributed by atoms with Gasteiger partial charge in [0.2, 0.25) is 0 Å². The third kappa shape index (κ3) is 7.72. The Hall–Kier alpha value is -2.66. The van der Waals surface area contributed by atoms with Gasteiger partial charge in [-0.1, -0.05) is 140 Å². The van der Waals surface area contributed by atoms with Crippen molar-refractivity contribution in [3.8, 4) is 0 Å². The van der Waals surface area contributed by atoms with Crippen LogP contribution in [0.15, 0.2) is 108 Å². The highest BCUT2D eigenvalue weighted by Gasteiger charge is 2.34. The van der Waals surface area contributed by atoms with Gasteiger partial charge in [0, 0.05) is 11.9 Å². The SMILES string of the molecule is C/C(=N\Cc1ccccc1P(c1ccccc1)c1ccccc1)c1cccc(CP(C(C)(C)C)C(C)(C)C)n1. The van der Waals surface area contributed by atoms with Gasteiger partial charge in [0.05, 0.1) is 18.0 Å². The molecule has 0 radical (unpaired) electrons. The summed E-state index contributed by atoms with van der Waals surface area (Å²) < 4.78 is 0. The largest absolute Gasteiger partial charge is 0.283 e. The summed E-state index contributed by atoms with van der Waals surface area (Å²) >= 11 is 0. The van der Waals surface area contributed by atoms with E-state index in [0.717, 1.165) is 17.6 Å². The molecule has 0 bridgehead atoms. The highest BCUT2D eigenvalue weighted by molar-refractivity contribution is 7.79. The number of nitrogens with zero attached hydrogens (tertiary/aromatic N) is 2. The molecule has 1 heterocycles. The lowest BCUT2D eigenvalue weighted by atomic mass is 10.2. The molecular weight excluding hydrogens is 510 g/mol. The number of aliphatic imine (C=N–C) groups is 1. The molecule has 2 nitrogen and oxygen atoms in total. The first-order chi connectivity index (χ1) is 18.5. The summed E-state index contributed by atoms with van der Waals surface area (Å²) in [6.45, 7) is 17.0. The van der Waals surface area contributed by atoms with Gasteiger partial charge in [-0.25, -0.2) is 0 Å². The molecule has 39 heavy (non-hydrogen) atoms. The van der Waals surface area contributed by atoms with Crippen molar-refractivity contribution in [2.45, 2.75) is 71.5 Å². The lowest BCUT2D eigenvalue weighted by Gasteiger charge is -2.41. The van der Waals surface area contributed by atoms with E-state index in [2.05, 4.69) is 152 Å². The molecule has 4 aromatic rings. The second-order valence-electron chi connectivity index (χ2n) is 12.0. The van der Waals surface area contributed by atoms with Crippen molar-refractivity contribution in [3.63, 3.8) is 0 Å². The van der Waals surface area contributed by atoms with E-state index < -0.39 is 7.92 Å². The normalized spacial score (nSPS) is 12.8. The minimum absolute atomic E-state index is 0.251. The molecule has 0 amide bonds. The van der Waals surface area contributed by atoms with Crippen LogP contribution in [0, 0.1) is 0 Å². The van der Waals surface area contributed by atoms with Gasteiger partial charge in [0.25, 0.3) is 0 Å². The Morgan fingerprint density at radius 2 is 1.21 bits per heavy atom. The van der Waals surface area contributed by atoms with Crippen molar-refractivity contribution in [2.24, 2.45) is 4.99 Å². The third-order valence-corrected chi connectivity index (χ3v) is 13.3. The molecule has 0 saturated heterocycles. The number of pyridine rings is 1. The summed E-state index contributed by atoms with van der Waals surface area (Å²) in [5.74, 6) is 0. The van der Waals surface area contributed by atoms with Crippen LogP contribution in [0.4, 0.5) is 0 Å². The zero-order chi connectivity index (χ0) is 28.0. The van der Waals surface area contributed by atoms with Gasteiger partial charge in [-0.3, -0.25) is 9.98 Å². The average molecular weight is 553 g/mol. The summed E-state index contributed by atoms with van der Waals surface area (Å²) in [4.78, 5) is 10.2. The minimum atomic E-state index is -0.672. The molecule has 0 saturated carbocycles. The Kier molecular flexibility index (Phi) is 9.53. The van der Waals surface area contributed by atoms with Crippen LogP contribution in [0.1, 0.15) is 65.4 Å². The third-order valence-electron chi connectivity index (χ3n) is 6.86. The predicted octanol–water partition coefficient (Wildman–Crippen LogP) is 8.43. The highest BCUT2D eigenvalue weighted by Crippen LogP contribution is 2.61. The fourth-order valence-corrected chi connectivity index (χ4v) is 11.1. The van der Waals surface area contributed by atoms with Gasteiger partial charge < -0.3 is 0 Å². The predicted molar refractivity (Wildman–Crippen MR) is 175 cm³/mol. The van der Waals surface area contributed by atoms with Gasteiger partial charge in [-0.2, -0.15) is 0 Å². The molecule has 0 spiro atoms. The second kappa shape index (κ2) is 12.7. The number of rotatable bonds is 8. The molecule has 0 N–H and O–H groups in total. The van der Waals surface area contributed by atoms with Crippen LogP contribution < -0.4 is 15.9 Å². The molecule has 0 aliphatic heterocycles. The van der Waals surface area contributed by atoms with Gasteiger partial charge in [-0.05, 0) is 58.8 Å². The summed E-state index contributed by atoms with van der Waals surface area (Å²) in [6.07, 6.45) is 1.03. The molecule has 0 atom stereocenters. The van der Waals surface area contributed by atoms with Crippen LogP contribution in [0.2, 0.25) is 0 Å². The van der Waals surface area contributed by atoms with E-state index >= 15 is 0 Å². The topological polar surface area (TPSA) is 25.2 Å². The van der Waals surface area contributed by atoms with Gasteiger partial charge >= 0.3 is 0 Å². The fourth-order valence-electron chi connectivity index (χ4n) is 5.14. The van der Waals surface area contributed by atoms with E-state index in [-0.39, 0.29) is 18.2 Å². The van der Waals surface area contributed by atoms with Crippen LogP contribution in [0.3, 0.4) is 0 Å². The van der Waals surface area contributed by atoms with Crippen molar-refractivity contribution < 1.29 is 0 Å². The maximum Gasteiger partial charge on any atom is 0.0840 e. The average Bonchev–Trinajstić information content (AvgIpc) is 2.91. The van der Waals surface area contributed by atoms with E-state index in [1.807, 2.05) is 0 Å². The standard InChI is InChI=1S/C35H42N2P2/c1-27(32-23-16-18-29(37-32)26-38(34(2,3)4)35(5,6)7)36-25-28-17-14-15-24-33(28)39(30-19-10-8-11-20-30)31-21-12-9-13-22-31/h8-24H,25-26H2,1-7H3/b36-27+. The number of hydrogen-bond donors (Lipinski definition) is 0. The smallest absolute Gasteiger partial charge is 0.0840 e. The molecule has 4 rings (SSSR count). The lowest BCUT2D eigenvalue weighted by Crippen LogP contribution is -2.26. The maximum absolute atomic E-state index is 5.09. The van der Waals surface area contributed by atoms with Crippen LogP contribution in [-0.4, -0.2) is 21.0 Å². The van der Waals surface area contributed by atoms with E-state index in [1.165, 1.54) is 27.2 Å². The highest BCUT2D eigenvalue weighted by atomic mass is 31.1. The van der Waals surface area contributed by atoms with Gasteiger partial charge in [0.1, 0.15) is 0 Å². The lowest BCUT2D eigenvalue weighted by molar-refractivity contribution is 0.701. The Labute approximate surface area is 238 Å². The maximum atomic E-state index is 5.09. The summed E-state index contributed by atoms with van der Waals surface area (Å²) in [5, 5.41) is 4.62. The Balaban J connectivity index is 1.63. The summed E-state index contributed by atoms with van der Waals surface area (Å²) in [6, 6.07) is 37.0. The fraction of sp³-hybridized carbons (Fsp3) is 0.314. The molecule has 0 aliphatic rings. The van der Waals surface area contributed by atoms with Crippen LogP contribution in [0.25, 0.3) is 0 Å². The first-order valence-corrected chi connectivity index (χ1v) is 16.6. The first kappa shape index (κ1) is 29.3. The van der Waals surface area contributed by atoms with Crippen molar-refractivity contribution in [1.29, 1.82) is 0 Å². The Bertz CT molecular complexity index is 1330. The molecule has 202 valence electrons. The van der Waals surface area contributed by atoms with E-state index in [9.17, 15) is 0 Å². The molecule has 0 unspecified atom stereocenters. The Morgan fingerprint density at radius 3 is 1.77 bits per heavy atom. The first-order valence-electron chi connectivity index (χ1n) is 13.8. The van der Waals surface area contributed by atoms with Crippen molar-refractivity contribution in [2.75, 3.05) is 0 Å². The number of benzene rings is 3. The van der Waals surface area contributed by atoms with E-state index in [1.54, 1.807) is 0 Å². The van der Waals surface area contributed by atoms with E-state index in [0.29, 0.717) is 6.54 Å². The minimum Gasteiger partial charge on any atom is -0.283 e. The number of aromatic nitrogens is 1. The number of hydrogen-bond acceptors (Lipinski definition) is 2. The molecule has 0 aliphatic carbocycles. The molecule has 3 aromatic carbocycles. The van der Waals surface area contributed by atoms with Crippen LogP contribution >= 0.6 is 15.8 Å². The zero-order valence-electron chi connectivity index (χ0n) is 24.5. The summed E-state index contributed by atoms with van der Waals surface area (Å²) in [7, 11) is -0.923. The van der Waals surface area contributed by atoms with Gasteiger partial charge in [0.15, 0.2) is 0 Å². The second-order valence-corrected chi connectivity index (χ2v) is 18.0. The van der Waals surface area contributed by atoms with Crippen molar-refractivity contribution in [1.82, 2.24) is 4.98 Å². The zero-order valence-corrected chi connectivity index (χ0v) is 26.3. The van der Waals surface area contributed by atoms with E-state index in [4.69, 9.17) is 9.98 Å². The van der Waals surface area contributed by atoms with Gasteiger partial charge in [-0.15, -0.1) is 0 Å². The quantitative estimate of drug-likeness (QED) is 0.159. The van der Waals surface area contributed by atoms with Crippen LogP contribution in [0.5, 0.6) is 0 Å². The molecule has 1 aromatic heterocycles. The molecular formula is C35H42N2P2. The van der Waals surface area contributed by atoms with Crippen LogP contribution in [-0.2, 0) is 12.7 Å². The Morgan fingerprint density at radius 1 is 0.667 bits per heavy atom. The monoisotopic (exact) mass is 552 g/mol. The van der Waals surface area contributed by atoms with Crippen molar-refractivity contribution >= 4 is 37.5 Å². The van der Waals surface area contributed by atoms with Crippen molar-refractivity contribution in [3.05, 3.63) is 120 Å².